The first-order chi connectivity index (χ1) is 12.1. The maximum Gasteiger partial charge on any atom is 0.191 e. The Balaban J connectivity index is 0.00000243. The maximum absolute atomic E-state index is 4.76. The molecule has 7 nitrogen and oxygen atoms in total. The van der Waals surface area contributed by atoms with Crippen molar-refractivity contribution in [3.63, 3.8) is 0 Å². The van der Waals surface area contributed by atoms with Gasteiger partial charge in [-0.1, -0.05) is 0 Å². The highest BCUT2D eigenvalue weighted by molar-refractivity contribution is 14.0. The molecule has 2 heterocycles. The Kier molecular flexibility index (Phi) is 7.48. The van der Waals surface area contributed by atoms with Crippen LogP contribution in [0.25, 0.3) is 0 Å². The van der Waals surface area contributed by atoms with Crippen LogP contribution in [-0.4, -0.2) is 38.1 Å². The number of fused-ring (bicyclic) bond motifs is 1. The van der Waals surface area contributed by atoms with Gasteiger partial charge in [0.2, 0.25) is 0 Å². The summed E-state index contributed by atoms with van der Waals surface area (Å²) >= 11 is 0. The van der Waals surface area contributed by atoms with E-state index in [9.17, 15) is 0 Å². The van der Waals surface area contributed by atoms with Crippen molar-refractivity contribution in [3.05, 3.63) is 35.4 Å². The lowest BCUT2D eigenvalue weighted by molar-refractivity contribution is 0.499. The summed E-state index contributed by atoms with van der Waals surface area (Å²) in [6, 6.07) is 2.78. The SMILES string of the molecule is CCNC(=NCc1ccnn1C)NC1CCc2cn(C(C)C)nc2C1.I. The minimum atomic E-state index is 0. The van der Waals surface area contributed by atoms with Crippen LogP contribution in [0.4, 0.5) is 0 Å². The van der Waals surface area contributed by atoms with Gasteiger partial charge in [0.05, 0.1) is 17.9 Å². The molecule has 144 valence electrons. The summed E-state index contributed by atoms with van der Waals surface area (Å²) in [7, 11) is 1.94. The Morgan fingerprint density at radius 2 is 2.23 bits per heavy atom. The summed E-state index contributed by atoms with van der Waals surface area (Å²) < 4.78 is 3.94. The highest BCUT2D eigenvalue weighted by Gasteiger charge is 2.23. The lowest BCUT2D eigenvalue weighted by atomic mass is 9.94. The number of guanidine groups is 1. The lowest BCUT2D eigenvalue weighted by Crippen LogP contribution is -2.45. The molecular weight excluding hydrogens is 441 g/mol. The summed E-state index contributed by atoms with van der Waals surface area (Å²) in [5.74, 6) is 0.862. The maximum atomic E-state index is 4.76. The van der Waals surface area contributed by atoms with Crippen LogP contribution in [0.3, 0.4) is 0 Å². The van der Waals surface area contributed by atoms with Gasteiger partial charge < -0.3 is 10.6 Å². The van der Waals surface area contributed by atoms with Gasteiger partial charge in [0.15, 0.2) is 5.96 Å². The highest BCUT2D eigenvalue weighted by atomic mass is 127. The zero-order valence-corrected chi connectivity index (χ0v) is 18.4. The molecule has 0 radical (unpaired) electrons. The number of rotatable bonds is 5. The van der Waals surface area contributed by atoms with E-state index in [1.54, 1.807) is 6.20 Å². The first-order valence-electron chi connectivity index (χ1n) is 9.15. The van der Waals surface area contributed by atoms with E-state index >= 15 is 0 Å². The van der Waals surface area contributed by atoms with E-state index in [1.807, 2.05) is 17.8 Å². The molecule has 0 amide bonds. The molecule has 1 atom stereocenters. The molecule has 0 aromatic carbocycles. The molecule has 2 aromatic rings. The zero-order chi connectivity index (χ0) is 17.8. The van der Waals surface area contributed by atoms with Crippen LogP contribution in [0.2, 0.25) is 0 Å². The number of nitrogens with one attached hydrogen (secondary N) is 2. The van der Waals surface area contributed by atoms with Crippen molar-refractivity contribution in [3.8, 4) is 0 Å². The van der Waals surface area contributed by atoms with Crippen LogP contribution >= 0.6 is 24.0 Å². The van der Waals surface area contributed by atoms with Crippen LogP contribution in [0.1, 0.15) is 50.2 Å². The summed E-state index contributed by atoms with van der Waals surface area (Å²) in [6.45, 7) is 7.89. The first-order valence-corrected chi connectivity index (χ1v) is 9.15. The fraction of sp³-hybridized carbons (Fsp3) is 0.611. The number of aryl methyl sites for hydroxylation is 2. The van der Waals surface area contributed by atoms with Crippen molar-refractivity contribution in [2.24, 2.45) is 12.0 Å². The topological polar surface area (TPSA) is 72.1 Å². The fourth-order valence-electron chi connectivity index (χ4n) is 3.13. The van der Waals surface area contributed by atoms with Crippen molar-refractivity contribution in [2.75, 3.05) is 6.54 Å². The Hall–Kier alpha value is -1.58. The van der Waals surface area contributed by atoms with E-state index in [-0.39, 0.29) is 24.0 Å². The number of aliphatic imine (C=N–C) groups is 1. The van der Waals surface area contributed by atoms with E-state index in [4.69, 9.17) is 10.1 Å². The average molecular weight is 471 g/mol. The third-order valence-electron chi connectivity index (χ3n) is 4.63. The molecule has 0 spiro atoms. The van der Waals surface area contributed by atoms with Crippen LogP contribution < -0.4 is 10.6 Å². The standard InChI is InChI=1S/C18H29N7.HI/c1-5-19-18(20-11-16-8-9-21-24(16)4)22-15-7-6-14-12-25(13(2)3)23-17(14)10-15;/h8-9,12-13,15H,5-7,10-11H2,1-4H3,(H2,19,20,22);1H. The number of hydrogen-bond donors (Lipinski definition) is 2. The molecule has 1 unspecified atom stereocenters. The minimum absolute atomic E-state index is 0. The second-order valence-corrected chi connectivity index (χ2v) is 6.90. The lowest BCUT2D eigenvalue weighted by Gasteiger charge is -2.24. The summed E-state index contributed by atoms with van der Waals surface area (Å²) in [5, 5.41) is 15.9. The monoisotopic (exact) mass is 471 g/mol. The zero-order valence-electron chi connectivity index (χ0n) is 16.1. The van der Waals surface area contributed by atoms with Gasteiger partial charge in [-0.3, -0.25) is 9.36 Å². The van der Waals surface area contributed by atoms with Crippen LogP contribution in [0.15, 0.2) is 23.5 Å². The Labute approximate surface area is 172 Å². The van der Waals surface area contributed by atoms with Crippen molar-refractivity contribution >= 4 is 29.9 Å². The average Bonchev–Trinajstić information content (AvgIpc) is 3.18. The van der Waals surface area contributed by atoms with Crippen molar-refractivity contribution in [2.45, 2.75) is 58.7 Å². The molecule has 0 saturated carbocycles. The van der Waals surface area contributed by atoms with Crippen molar-refractivity contribution in [1.29, 1.82) is 0 Å². The summed E-state index contributed by atoms with van der Waals surface area (Å²) in [5.41, 5.74) is 3.71. The first kappa shape index (κ1) is 20.7. The largest absolute Gasteiger partial charge is 0.357 e. The predicted octanol–water partition coefficient (Wildman–Crippen LogP) is 2.43. The molecule has 0 fully saturated rings. The highest BCUT2D eigenvalue weighted by Crippen LogP contribution is 2.21. The van der Waals surface area contributed by atoms with Gasteiger partial charge in [-0.25, -0.2) is 4.99 Å². The molecule has 1 aliphatic carbocycles. The number of nitrogens with zero attached hydrogens (tertiary/aromatic N) is 5. The molecule has 0 bridgehead atoms. The Morgan fingerprint density at radius 3 is 2.88 bits per heavy atom. The third kappa shape index (κ3) is 4.99. The van der Waals surface area contributed by atoms with Gasteiger partial charge in [-0.05, 0) is 45.2 Å². The van der Waals surface area contributed by atoms with Gasteiger partial charge in [0, 0.05) is 44.5 Å². The van der Waals surface area contributed by atoms with E-state index < -0.39 is 0 Å². The van der Waals surface area contributed by atoms with Crippen molar-refractivity contribution < 1.29 is 0 Å². The normalized spacial score (nSPS) is 17.0. The molecule has 0 saturated heterocycles. The van der Waals surface area contributed by atoms with Gasteiger partial charge in [-0.2, -0.15) is 10.2 Å². The molecule has 8 heteroatoms. The van der Waals surface area contributed by atoms with E-state index in [0.717, 1.165) is 37.5 Å². The van der Waals surface area contributed by atoms with E-state index in [2.05, 4.69) is 47.4 Å². The molecule has 26 heavy (non-hydrogen) atoms. The van der Waals surface area contributed by atoms with E-state index in [1.165, 1.54) is 11.3 Å². The second kappa shape index (κ2) is 9.38. The number of hydrogen-bond acceptors (Lipinski definition) is 3. The molecule has 0 aliphatic heterocycles. The Bertz CT molecular complexity index is 732. The van der Waals surface area contributed by atoms with Crippen LogP contribution in [0, 0.1) is 0 Å². The van der Waals surface area contributed by atoms with Crippen molar-refractivity contribution in [1.82, 2.24) is 30.2 Å². The van der Waals surface area contributed by atoms with Gasteiger partial charge in [-0.15, -0.1) is 24.0 Å². The van der Waals surface area contributed by atoms with Crippen LogP contribution in [-0.2, 0) is 26.4 Å². The van der Waals surface area contributed by atoms with Gasteiger partial charge >= 0.3 is 0 Å². The number of halogens is 1. The fourth-order valence-corrected chi connectivity index (χ4v) is 3.13. The third-order valence-corrected chi connectivity index (χ3v) is 4.63. The van der Waals surface area contributed by atoms with Gasteiger partial charge in [0.1, 0.15) is 0 Å². The second-order valence-electron chi connectivity index (χ2n) is 6.90. The smallest absolute Gasteiger partial charge is 0.191 e. The van der Waals surface area contributed by atoms with Crippen LogP contribution in [0.5, 0.6) is 0 Å². The predicted molar refractivity (Wildman–Crippen MR) is 115 cm³/mol. The summed E-state index contributed by atoms with van der Waals surface area (Å²) in [4.78, 5) is 4.71. The quantitative estimate of drug-likeness (QED) is 0.399. The molecule has 2 N–H and O–H groups in total. The molecule has 3 rings (SSSR count). The molecule has 1 aliphatic rings. The molecule has 2 aromatic heterocycles. The number of aromatic nitrogens is 4. The van der Waals surface area contributed by atoms with Gasteiger partial charge in [0.25, 0.3) is 0 Å². The molecular formula is C18H30IN7. The Morgan fingerprint density at radius 1 is 1.42 bits per heavy atom. The van der Waals surface area contributed by atoms with E-state index in [0.29, 0.717) is 18.6 Å². The minimum Gasteiger partial charge on any atom is -0.357 e. The summed E-state index contributed by atoms with van der Waals surface area (Å²) in [6.07, 6.45) is 7.13.